The monoisotopic (exact) mass is 235 g/mol. The Balaban J connectivity index is 1.61. The van der Waals surface area contributed by atoms with Gasteiger partial charge in [0.05, 0.1) is 6.10 Å². The molecule has 0 unspecified atom stereocenters. The molecule has 0 amide bonds. The van der Waals surface area contributed by atoms with Gasteiger partial charge >= 0.3 is 0 Å². The molecular formula is C14H21NO2. The van der Waals surface area contributed by atoms with E-state index in [0.29, 0.717) is 6.10 Å². The van der Waals surface area contributed by atoms with E-state index in [4.69, 9.17) is 9.47 Å². The molecule has 17 heavy (non-hydrogen) atoms. The summed E-state index contributed by atoms with van der Waals surface area (Å²) in [6, 6.07) is 9.95. The maximum Gasteiger partial charge on any atom is 0.119 e. The van der Waals surface area contributed by atoms with Crippen molar-refractivity contribution in [3.05, 3.63) is 30.3 Å². The highest BCUT2D eigenvalue weighted by molar-refractivity contribution is 5.20. The lowest BCUT2D eigenvalue weighted by Gasteiger charge is -2.20. The molecule has 1 aliphatic heterocycles. The highest BCUT2D eigenvalue weighted by Crippen LogP contribution is 2.12. The number of ether oxygens (including phenoxy) is 2. The number of hydrogen-bond acceptors (Lipinski definition) is 3. The largest absolute Gasteiger partial charge is 0.492 e. The standard InChI is InChI=1S/C14H21NO2/c1-15(12-14-8-5-10-16-14)9-11-17-13-6-3-2-4-7-13/h2-4,6-7,14H,5,8-12H2,1H3/t14-/m0/s1. The van der Waals surface area contributed by atoms with E-state index in [0.717, 1.165) is 32.1 Å². The van der Waals surface area contributed by atoms with Gasteiger partial charge in [-0.25, -0.2) is 0 Å². The molecule has 0 bridgehead atoms. The first kappa shape index (κ1) is 12.4. The average Bonchev–Trinajstić information content (AvgIpc) is 2.83. The summed E-state index contributed by atoms with van der Waals surface area (Å²) in [6.07, 6.45) is 2.83. The van der Waals surface area contributed by atoms with Crippen LogP contribution in [-0.2, 0) is 4.74 Å². The Morgan fingerprint density at radius 3 is 2.88 bits per heavy atom. The van der Waals surface area contributed by atoms with Crippen molar-refractivity contribution in [1.82, 2.24) is 4.90 Å². The Kier molecular flexibility index (Phi) is 4.83. The van der Waals surface area contributed by atoms with E-state index in [1.165, 1.54) is 12.8 Å². The first-order chi connectivity index (χ1) is 8.34. The van der Waals surface area contributed by atoms with Gasteiger partial charge in [0, 0.05) is 19.7 Å². The minimum Gasteiger partial charge on any atom is -0.492 e. The second-order valence-electron chi connectivity index (χ2n) is 4.56. The highest BCUT2D eigenvalue weighted by atomic mass is 16.5. The maximum atomic E-state index is 5.66. The molecule has 3 nitrogen and oxygen atoms in total. The third-order valence-electron chi connectivity index (χ3n) is 3.02. The summed E-state index contributed by atoms with van der Waals surface area (Å²) < 4.78 is 11.3. The molecule has 1 heterocycles. The van der Waals surface area contributed by atoms with Crippen LogP contribution >= 0.6 is 0 Å². The summed E-state index contributed by atoms with van der Waals surface area (Å²) >= 11 is 0. The van der Waals surface area contributed by atoms with Gasteiger partial charge in [-0.1, -0.05) is 18.2 Å². The van der Waals surface area contributed by atoms with Crippen molar-refractivity contribution in [3.63, 3.8) is 0 Å². The zero-order valence-corrected chi connectivity index (χ0v) is 10.5. The lowest BCUT2D eigenvalue weighted by Crippen LogP contribution is -2.32. The maximum absolute atomic E-state index is 5.66. The Morgan fingerprint density at radius 1 is 1.35 bits per heavy atom. The molecule has 0 radical (unpaired) electrons. The van der Waals surface area contributed by atoms with Gasteiger partial charge in [0.15, 0.2) is 0 Å². The summed E-state index contributed by atoms with van der Waals surface area (Å²) in [5.41, 5.74) is 0. The molecule has 0 saturated carbocycles. The number of nitrogens with zero attached hydrogens (tertiary/aromatic N) is 1. The summed E-state index contributed by atoms with van der Waals surface area (Å²) in [7, 11) is 2.12. The van der Waals surface area contributed by atoms with Crippen LogP contribution in [0.15, 0.2) is 30.3 Å². The predicted molar refractivity (Wildman–Crippen MR) is 68.4 cm³/mol. The number of hydrogen-bond donors (Lipinski definition) is 0. The second kappa shape index (κ2) is 6.62. The summed E-state index contributed by atoms with van der Waals surface area (Å²) in [5, 5.41) is 0. The number of likely N-dealkylation sites (N-methyl/N-ethyl adjacent to an activating group) is 1. The smallest absolute Gasteiger partial charge is 0.119 e. The van der Waals surface area contributed by atoms with Gasteiger partial charge in [-0.15, -0.1) is 0 Å². The minimum atomic E-state index is 0.428. The fourth-order valence-corrected chi connectivity index (χ4v) is 2.06. The lowest BCUT2D eigenvalue weighted by molar-refractivity contribution is 0.0771. The molecule has 1 atom stereocenters. The molecule has 94 valence electrons. The van der Waals surface area contributed by atoms with Crippen LogP contribution in [0, 0.1) is 0 Å². The predicted octanol–water partition coefficient (Wildman–Crippen LogP) is 2.18. The fraction of sp³-hybridized carbons (Fsp3) is 0.571. The fourth-order valence-electron chi connectivity index (χ4n) is 2.06. The van der Waals surface area contributed by atoms with Gasteiger partial charge in [-0.3, -0.25) is 0 Å². The van der Waals surface area contributed by atoms with Crippen molar-refractivity contribution in [2.75, 3.05) is 33.4 Å². The Labute approximate surface area is 103 Å². The summed E-state index contributed by atoms with van der Waals surface area (Å²) in [4.78, 5) is 2.28. The molecule has 1 aliphatic rings. The molecule has 2 rings (SSSR count). The van der Waals surface area contributed by atoms with Crippen molar-refractivity contribution in [2.45, 2.75) is 18.9 Å². The molecule has 0 aromatic heterocycles. The first-order valence-electron chi connectivity index (χ1n) is 6.32. The zero-order valence-electron chi connectivity index (χ0n) is 10.5. The van der Waals surface area contributed by atoms with E-state index >= 15 is 0 Å². The van der Waals surface area contributed by atoms with Gasteiger partial charge in [-0.05, 0) is 32.0 Å². The number of benzene rings is 1. The average molecular weight is 235 g/mol. The van der Waals surface area contributed by atoms with Crippen LogP contribution in [0.4, 0.5) is 0 Å². The minimum absolute atomic E-state index is 0.428. The summed E-state index contributed by atoms with van der Waals surface area (Å²) in [6.45, 7) is 3.61. The van der Waals surface area contributed by atoms with Crippen molar-refractivity contribution < 1.29 is 9.47 Å². The zero-order chi connectivity index (χ0) is 11.9. The van der Waals surface area contributed by atoms with E-state index in [9.17, 15) is 0 Å². The van der Waals surface area contributed by atoms with Gasteiger partial charge in [0.1, 0.15) is 12.4 Å². The van der Waals surface area contributed by atoms with Crippen LogP contribution in [0.2, 0.25) is 0 Å². The van der Waals surface area contributed by atoms with Gasteiger partial charge in [0.2, 0.25) is 0 Å². The molecule has 3 heteroatoms. The van der Waals surface area contributed by atoms with E-state index in [1.807, 2.05) is 30.3 Å². The number of rotatable bonds is 6. The molecular weight excluding hydrogens is 214 g/mol. The van der Waals surface area contributed by atoms with Crippen LogP contribution in [-0.4, -0.2) is 44.4 Å². The lowest BCUT2D eigenvalue weighted by atomic mass is 10.2. The van der Waals surface area contributed by atoms with Crippen LogP contribution in [0.3, 0.4) is 0 Å². The van der Waals surface area contributed by atoms with Gasteiger partial charge in [-0.2, -0.15) is 0 Å². The summed E-state index contributed by atoms with van der Waals surface area (Å²) in [5.74, 6) is 0.943. The van der Waals surface area contributed by atoms with Gasteiger partial charge < -0.3 is 14.4 Å². The van der Waals surface area contributed by atoms with Crippen LogP contribution in [0.1, 0.15) is 12.8 Å². The van der Waals surface area contributed by atoms with E-state index in [2.05, 4.69) is 11.9 Å². The van der Waals surface area contributed by atoms with Gasteiger partial charge in [0.25, 0.3) is 0 Å². The number of para-hydroxylation sites is 1. The van der Waals surface area contributed by atoms with Crippen molar-refractivity contribution in [1.29, 1.82) is 0 Å². The molecule has 0 N–H and O–H groups in total. The Morgan fingerprint density at radius 2 is 2.18 bits per heavy atom. The molecule has 1 aromatic rings. The molecule has 1 aromatic carbocycles. The third kappa shape index (κ3) is 4.36. The van der Waals surface area contributed by atoms with Crippen LogP contribution < -0.4 is 4.74 Å². The SMILES string of the molecule is CN(CCOc1ccccc1)C[C@@H]1CCCO1. The van der Waals surface area contributed by atoms with E-state index < -0.39 is 0 Å². The first-order valence-corrected chi connectivity index (χ1v) is 6.32. The molecule has 0 spiro atoms. The van der Waals surface area contributed by atoms with Crippen LogP contribution in [0.25, 0.3) is 0 Å². The van der Waals surface area contributed by atoms with E-state index in [-0.39, 0.29) is 0 Å². The normalized spacial score (nSPS) is 19.8. The topological polar surface area (TPSA) is 21.7 Å². The quantitative estimate of drug-likeness (QED) is 0.754. The highest BCUT2D eigenvalue weighted by Gasteiger charge is 2.16. The third-order valence-corrected chi connectivity index (χ3v) is 3.02. The van der Waals surface area contributed by atoms with E-state index in [1.54, 1.807) is 0 Å². The van der Waals surface area contributed by atoms with Crippen molar-refractivity contribution in [2.24, 2.45) is 0 Å². The second-order valence-corrected chi connectivity index (χ2v) is 4.56. The molecule has 1 fully saturated rings. The molecule has 0 aliphatic carbocycles. The molecule has 1 saturated heterocycles. The Hall–Kier alpha value is -1.06. The Bertz CT molecular complexity index is 309. The van der Waals surface area contributed by atoms with Crippen molar-refractivity contribution in [3.8, 4) is 5.75 Å². The van der Waals surface area contributed by atoms with Crippen molar-refractivity contribution >= 4 is 0 Å². The van der Waals surface area contributed by atoms with Crippen LogP contribution in [0.5, 0.6) is 5.75 Å².